The molecule has 0 unspecified atom stereocenters. The first-order valence-electron chi connectivity index (χ1n) is 6.80. The Bertz CT molecular complexity index is 765. The van der Waals surface area contributed by atoms with E-state index in [1.807, 2.05) is 0 Å². The Hall–Kier alpha value is -2.54. The fourth-order valence-electron chi connectivity index (χ4n) is 2.16. The van der Waals surface area contributed by atoms with Gasteiger partial charge in [0.1, 0.15) is 0 Å². The van der Waals surface area contributed by atoms with Crippen LogP contribution in [0.4, 0.5) is 0 Å². The van der Waals surface area contributed by atoms with E-state index >= 15 is 0 Å². The second-order valence-corrected chi connectivity index (χ2v) is 4.91. The van der Waals surface area contributed by atoms with Gasteiger partial charge in [0.25, 0.3) is 0 Å². The third-order valence-corrected chi connectivity index (χ3v) is 3.40. The Morgan fingerprint density at radius 2 is 2.05 bits per heavy atom. The number of rotatable bonds is 5. The molecule has 118 valence electrons. The number of hydrogen-bond donors (Lipinski definition) is 4. The Morgan fingerprint density at radius 3 is 2.73 bits per heavy atom. The second kappa shape index (κ2) is 6.48. The Kier molecular flexibility index (Phi) is 4.67. The van der Waals surface area contributed by atoms with Crippen molar-refractivity contribution < 1.29 is 24.5 Å². The first kappa shape index (κ1) is 15.8. The van der Waals surface area contributed by atoms with Crippen LogP contribution in [0.5, 0.6) is 11.5 Å². The third kappa shape index (κ3) is 3.04. The van der Waals surface area contributed by atoms with E-state index in [0.29, 0.717) is 23.9 Å². The molecule has 0 fully saturated rings. The van der Waals surface area contributed by atoms with Crippen LogP contribution >= 0.6 is 0 Å². The van der Waals surface area contributed by atoms with E-state index < -0.39 is 11.4 Å². The number of fused-ring (bicyclic) bond motifs is 1. The molecule has 7 nitrogen and oxygen atoms in total. The van der Waals surface area contributed by atoms with Crippen LogP contribution in [0.25, 0.3) is 11.0 Å². The van der Waals surface area contributed by atoms with Gasteiger partial charge in [0.2, 0.25) is 11.7 Å². The quantitative estimate of drug-likeness (QED) is 0.364. The van der Waals surface area contributed by atoms with Gasteiger partial charge in [-0.2, -0.15) is 0 Å². The van der Waals surface area contributed by atoms with Crippen molar-refractivity contribution in [3.63, 3.8) is 0 Å². The summed E-state index contributed by atoms with van der Waals surface area (Å²) in [5.74, 6) is -1.24. The average molecular weight is 307 g/mol. The minimum absolute atomic E-state index is 0.0276. The van der Waals surface area contributed by atoms with Crippen LogP contribution in [0.15, 0.2) is 21.3 Å². The summed E-state index contributed by atoms with van der Waals surface area (Å²) >= 11 is 0. The van der Waals surface area contributed by atoms with E-state index in [0.717, 1.165) is 0 Å². The SMILES string of the molecule is Cc1c(CC(=O)NCCCO)c(=O)oc2c(O)c(O)ccc12. The minimum atomic E-state index is -0.733. The molecule has 0 radical (unpaired) electrons. The number of aliphatic hydroxyl groups is 1. The fourth-order valence-corrected chi connectivity index (χ4v) is 2.16. The zero-order chi connectivity index (χ0) is 16.3. The molecule has 22 heavy (non-hydrogen) atoms. The number of nitrogens with one attached hydrogen (secondary N) is 1. The van der Waals surface area contributed by atoms with Crippen LogP contribution in [-0.4, -0.2) is 34.4 Å². The molecule has 7 heteroatoms. The number of aromatic hydroxyl groups is 2. The average Bonchev–Trinajstić information content (AvgIpc) is 2.48. The molecular weight excluding hydrogens is 290 g/mol. The molecule has 4 N–H and O–H groups in total. The summed E-state index contributed by atoms with van der Waals surface area (Å²) in [6.45, 7) is 1.94. The van der Waals surface area contributed by atoms with Crippen LogP contribution in [0.3, 0.4) is 0 Å². The number of carbonyl (C=O) groups is 1. The minimum Gasteiger partial charge on any atom is -0.504 e. The first-order chi connectivity index (χ1) is 10.5. The van der Waals surface area contributed by atoms with Crippen molar-refractivity contribution in [2.75, 3.05) is 13.2 Å². The standard InChI is InChI=1S/C15H17NO6/c1-8-9-3-4-11(18)13(20)14(9)22-15(21)10(8)7-12(19)16-5-2-6-17/h3-4,17-18,20H,2,5-7H2,1H3,(H,16,19). The summed E-state index contributed by atoms with van der Waals surface area (Å²) in [5, 5.41) is 30.9. The predicted octanol–water partition coefficient (Wildman–Crippen LogP) is 0.554. The van der Waals surface area contributed by atoms with Gasteiger partial charge in [0.05, 0.1) is 12.0 Å². The molecule has 0 aliphatic carbocycles. The normalized spacial score (nSPS) is 10.8. The second-order valence-electron chi connectivity index (χ2n) is 4.91. The predicted molar refractivity (Wildman–Crippen MR) is 79.0 cm³/mol. The number of phenolic OH excluding ortho intramolecular Hbond substituents is 2. The highest BCUT2D eigenvalue weighted by Gasteiger charge is 2.17. The van der Waals surface area contributed by atoms with Crippen molar-refractivity contribution in [2.24, 2.45) is 0 Å². The van der Waals surface area contributed by atoms with Gasteiger partial charge in [0, 0.05) is 18.5 Å². The summed E-state index contributed by atoms with van der Waals surface area (Å²) in [4.78, 5) is 23.8. The Balaban J connectivity index is 2.37. The third-order valence-electron chi connectivity index (χ3n) is 3.40. The largest absolute Gasteiger partial charge is 0.504 e. The van der Waals surface area contributed by atoms with Gasteiger partial charge in [0.15, 0.2) is 11.3 Å². The van der Waals surface area contributed by atoms with Crippen molar-refractivity contribution in [1.29, 1.82) is 0 Å². The van der Waals surface area contributed by atoms with Crippen LogP contribution in [0.2, 0.25) is 0 Å². The molecule has 1 aromatic carbocycles. The molecule has 0 saturated heterocycles. The lowest BCUT2D eigenvalue weighted by Gasteiger charge is -2.09. The summed E-state index contributed by atoms with van der Waals surface area (Å²) in [7, 11) is 0. The molecule has 1 aromatic heterocycles. The molecule has 0 bridgehead atoms. The molecule has 2 aromatic rings. The van der Waals surface area contributed by atoms with Gasteiger partial charge in [-0.05, 0) is 31.0 Å². The highest BCUT2D eigenvalue weighted by atomic mass is 16.4. The van der Waals surface area contributed by atoms with Gasteiger partial charge in [-0.3, -0.25) is 4.79 Å². The number of carbonyl (C=O) groups excluding carboxylic acids is 1. The van der Waals surface area contributed by atoms with Crippen molar-refractivity contribution in [2.45, 2.75) is 19.8 Å². The first-order valence-corrected chi connectivity index (χ1v) is 6.80. The van der Waals surface area contributed by atoms with Gasteiger partial charge in [-0.1, -0.05) is 0 Å². The number of benzene rings is 1. The van der Waals surface area contributed by atoms with Crippen LogP contribution < -0.4 is 10.9 Å². The molecule has 2 rings (SSSR count). The zero-order valence-corrected chi connectivity index (χ0v) is 12.0. The van der Waals surface area contributed by atoms with E-state index in [4.69, 9.17) is 9.52 Å². The molecular formula is C15H17NO6. The lowest BCUT2D eigenvalue weighted by molar-refractivity contribution is -0.120. The van der Waals surface area contributed by atoms with Gasteiger partial charge < -0.3 is 25.1 Å². The maximum Gasteiger partial charge on any atom is 0.340 e. The number of phenols is 2. The van der Waals surface area contributed by atoms with E-state index in [9.17, 15) is 19.8 Å². The van der Waals surface area contributed by atoms with E-state index in [-0.39, 0.29) is 35.8 Å². The zero-order valence-electron chi connectivity index (χ0n) is 12.0. The van der Waals surface area contributed by atoms with Crippen molar-refractivity contribution in [3.8, 4) is 11.5 Å². The Labute approximate surface area is 125 Å². The number of hydrogen-bond acceptors (Lipinski definition) is 6. The molecule has 0 aliphatic heterocycles. The van der Waals surface area contributed by atoms with Crippen molar-refractivity contribution >= 4 is 16.9 Å². The lowest BCUT2D eigenvalue weighted by atomic mass is 10.0. The summed E-state index contributed by atoms with van der Waals surface area (Å²) in [5.41, 5.74) is -0.131. The maximum absolute atomic E-state index is 12.0. The van der Waals surface area contributed by atoms with Crippen LogP contribution in [0.1, 0.15) is 17.5 Å². The number of amides is 1. The van der Waals surface area contributed by atoms with Gasteiger partial charge >= 0.3 is 5.63 Å². The Morgan fingerprint density at radius 1 is 1.32 bits per heavy atom. The smallest absolute Gasteiger partial charge is 0.340 e. The summed E-state index contributed by atoms with van der Waals surface area (Å²) in [6.07, 6.45) is 0.279. The van der Waals surface area contributed by atoms with E-state index in [1.165, 1.54) is 12.1 Å². The number of aryl methyl sites for hydroxylation is 1. The van der Waals surface area contributed by atoms with Gasteiger partial charge in [-0.15, -0.1) is 0 Å². The molecule has 0 spiro atoms. The van der Waals surface area contributed by atoms with E-state index in [1.54, 1.807) is 6.92 Å². The van der Waals surface area contributed by atoms with Crippen molar-refractivity contribution in [3.05, 3.63) is 33.7 Å². The highest BCUT2D eigenvalue weighted by molar-refractivity contribution is 5.89. The topological polar surface area (TPSA) is 120 Å². The van der Waals surface area contributed by atoms with Crippen LogP contribution in [-0.2, 0) is 11.2 Å². The summed E-state index contributed by atoms with van der Waals surface area (Å²) in [6, 6.07) is 2.80. The van der Waals surface area contributed by atoms with Crippen LogP contribution in [0, 0.1) is 6.92 Å². The molecule has 0 saturated carbocycles. The molecule has 0 aliphatic rings. The molecule has 0 atom stereocenters. The highest BCUT2D eigenvalue weighted by Crippen LogP contribution is 2.34. The summed E-state index contributed by atoms with van der Waals surface area (Å²) < 4.78 is 5.03. The van der Waals surface area contributed by atoms with Gasteiger partial charge in [-0.25, -0.2) is 4.79 Å². The molecule has 1 heterocycles. The van der Waals surface area contributed by atoms with E-state index in [2.05, 4.69) is 5.32 Å². The van der Waals surface area contributed by atoms with Crippen molar-refractivity contribution in [1.82, 2.24) is 5.32 Å². The molecule has 1 amide bonds. The fraction of sp³-hybridized carbons (Fsp3) is 0.333. The number of aliphatic hydroxyl groups excluding tert-OH is 1. The maximum atomic E-state index is 12.0. The monoisotopic (exact) mass is 307 g/mol. The lowest BCUT2D eigenvalue weighted by Crippen LogP contribution is -2.29.